The minimum atomic E-state index is -0.667. The number of rotatable bonds is 6. The summed E-state index contributed by atoms with van der Waals surface area (Å²) in [5, 5.41) is 2.78. The van der Waals surface area contributed by atoms with Crippen LogP contribution in [0.4, 0.5) is 11.4 Å². The standard InChI is InChI=1S/C14H14N2O5/c1-4-21-14-10(11(18)12(14)19)16-8-5-6-15-9(7(2)17)13(8)20-3/h5-6H,4H2,1-3H3,(H,15,16). The van der Waals surface area contributed by atoms with E-state index in [9.17, 15) is 14.4 Å². The number of nitrogens with zero attached hydrogens (tertiary/aromatic N) is 1. The molecule has 0 fully saturated rings. The molecule has 21 heavy (non-hydrogen) atoms. The summed E-state index contributed by atoms with van der Waals surface area (Å²) in [6.07, 6.45) is 1.41. The van der Waals surface area contributed by atoms with Gasteiger partial charge in [-0.15, -0.1) is 0 Å². The van der Waals surface area contributed by atoms with E-state index >= 15 is 0 Å². The number of carbonyl (C=O) groups excluding carboxylic acids is 1. The first-order valence-corrected chi connectivity index (χ1v) is 6.28. The predicted molar refractivity (Wildman–Crippen MR) is 76.6 cm³/mol. The average molecular weight is 290 g/mol. The highest BCUT2D eigenvalue weighted by molar-refractivity contribution is 5.97. The second-order valence-corrected chi connectivity index (χ2v) is 4.22. The van der Waals surface area contributed by atoms with Gasteiger partial charge in [-0.25, -0.2) is 4.98 Å². The first-order valence-electron chi connectivity index (χ1n) is 6.28. The highest BCUT2D eigenvalue weighted by Crippen LogP contribution is 2.31. The van der Waals surface area contributed by atoms with E-state index in [0.29, 0.717) is 5.69 Å². The van der Waals surface area contributed by atoms with Gasteiger partial charge in [0.1, 0.15) is 11.4 Å². The van der Waals surface area contributed by atoms with Crippen molar-refractivity contribution in [3.63, 3.8) is 0 Å². The van der Waals surface area contributed by atoms with Crippen molar-refractivity contribution in [2.24, 2.45) is 0 Å². The van der Waals surface area contributed by atoms with Crippen molar-refractivity contribution in [3.05, 3.63) is 38.4 Å². The summed E-state index contributed by atoms with van der Waals surface area (Å²) in [6, 6.07) is 1.54. The van der Waals surface area contributed by atoms with Gasteiger partial charge in [0, 0.05) is 13.1 Å². The van der Waals surface area contributed by atoms with Crippen LogP contribution in [0, 0.1) is 0 Å². The van der Waals surface area contributed by atoms with E-state index in [0.717, 1.165) is 0 Å². The van der Waals surface area contributed by atoms with Gasteiger partial charge in [-0.1, -0.05) is 0 Å². The lowest BCUT2D eigenvalue weighted by molar-refractivity contribution is 0.101. The van der Waals surface area contributed by atoms with Gasteiger partial charge in [0.05, 0.1) is 19.4 Å². The van der Waals surface area contributed by atoms with Crippen molar-refractivity contribution >= 4 is 17.2 Å². The summed E-state index contributed by atoms with van der Waals surface area (Å²) in [6.45, 7) is 3.34. The highest BCUT2D eigenvalue weighted by Gasteiger charge is 2.24. The van der Waals surface area contributed by atoms with Gasteiger partial charge in [-0.05, 0) is 13.0 Å². The molecule has 0 atom stereocenters. The summed E-state index contributed by atoms with van der Waals surface area (Å²) in [5.41, 5.74) is -0.772. The maximum absolute atomic E-state index is 11.6. The number of aromatic nitrogens is 1. The molecule has 1 N–H and O–H groups in total. The summed E-state index contributed by atoms with van der Waals surface area (Å²) >= 11 is 0. The van der Waals surface area contributed by atoms with E-state index in [4.69, 9.17) is 9.47 Å². The van der Waals surface area contributed by atoms with Crippen LogP contribution in [-0.2, 0) is 0 Å². The molecular weight excluding hydrogens is 276 g/mol. The topological polar surface area (TPSA) is 94.6 Å². The Balaban J connectivity index is 2.44. The normalized spacial score (nSPS) is 10.4. The smallest absolute Gasteiger partial charge is 0.272 e. The lowest BCUT2D eigenvalue weighted by Crippen LogP contribution is -2.35. The molecule has 0 aliphatic rings. The summed E-state index contributed by atoms with van der Waals surface area (Å²) < 4.78 is 10.3. The minimum Gasteiger partial charge on any atom is -0.492 e. The lowest BCUT2D eigenvalue weighted by atomic mass is 10.2. The van der Waals surface area contributed by atoms with Crippen LogP contribution in [0.5, 0.6) is 11.5 Å². The third-order valence-corrected chi connectivity index (χ3v) is 2.86. The zero-order chi connectivity index (χ0) is 15.6. The van der Waals surface area contributed by atoms with Crippen LogP contribution >= 0.6 is 0 Å². The van der Waals surface area contributed by atoms with Crippen LogP contribution in [0.25, 0.3) is 0 Å². The second-order valence-electron chi connectivity index (χ2n) is 4.22. The van der Waals surface area contributed by atoms with Crippen LogP contribution in [0.2, 0.25) is 0 Å². The lowest BCUT2D eigenvalue weighted by Gasteiger charge is -2.16. The molecule has 2 aromatic rings. The number of hydrogen-bond donors (Lipinski definition) is 1. The second kappa shape index (κ2) is 5.74. The summed E-state index contributed by atoms with van der Waals surface area (Å²) in [7, 11) is 1.39. The van der Waals surface area contributed by atoms with Gasteiger partial charge in [-0.3, -0.25) is 14.4 Å². The molecule has 0 amide bonds. The molecule has 0 radical (unpaired) electrons. The Morgan fingerprint density at radius 1 is 1.29 bits per heavy atom. The van der Waals surface area contributed by atoms with Crippen molar-refractivity contribution < 1.29 is 14.3 Å². The zero-order valence-electron chi connectivity index (χ0n) is 11.9. The molecule has 0 bridgehead atoms. The first-order chi connectivity index (χ1) is 10.0. The molecule has 1 heterocycles. The molecule has 1 aromatic heterocycles. The summed E-state index contributed by atoms with van der Waals surface area (Å²) in [5.74, 6) is -0.0724. The van der Waals surface area contributed by atoms with E-state index in [2.05, 4.69) is 10.3 Å². The molecule has 7 heteroatoms. The number of methoxy groups -OCH3 is 1. The molecular formula is C14H14N2O5. The fraction of sp³-hybridized carbons (Fsp3) is 0.286. The first kappa shape index (κ1) is 14.7. The predicted octanol–water partition coefficient (Wildman–Crippen LogP) is 1.03. The Labute approximate surface area is 120 Å². The molecule has 110 valence electrons. The van der Waals surface area contributed by atoms with E-state index in [1.807, 2.05) is 0 Å². The fourth-order valence-corrected chi connectivity index (χ4v) is 1.91. The van der Waals surface area contributed by atoms with E-state index in [1.165, 1.54) is 26.3 Å². The van der Waals surface area contributed by atoms with Crippen LogP contribution in [0.1, 0.15) is 24.3 Å². The molecule has 0 unspecified atom stereocenters. The highest BCUT2D eigenvalue weighted by atomic mass is 16.5. The van der Waals surface area contributed by atoms with Crippen LogP contribution < -0.4 is 25.6 Å². The van der Waals surface area contributed by atoms with Crippen molar-refractivity contribution in [3.8, 4) is 11.5 Å². The van der Waals surface area contributed by atoms with Crippen LogP contribution in [0.3, 0.4) is 0 Å². The molecule has 0 saturated carbocycles. The van der Waals surface area contributed by atoms with Crippen molar-refractivity contribution in [1.29, 1.82) is 0 Å². The summed E-state index contributed by atoms with van der Waals surface area (Å²) in [4.78, 5) is 38.4. The molecule has 0 aliphatic heterocycles. The van der Waals surface area contributed by atoms with E-state index in [-0.39, 0.29) is 35.3 Å². The van der Waals surface area contributed by atoms with E-state index < -0.39 is 10.9 Å². The molecule has 2 rings (SSSR count). The molecule has 0 spiro atoms. The van der Waals surface area contributed by atoms with Gasteiger partial charge >= 0.3 is 0 Å². The third kappa shape index (κ3) is 2.49. The van der Waals surface area contributed by atoms with Crippen molar-refractivity contribution in [2.75, 3.05) is 19.0 Å². The number of pyridine rings is 1. The number of nitrogens with one attached hydrogen (secondary N) is 1. The third-order valence-electron chi connectivity index (χ3n) is 2.86. The van der Waals surface area contributed by atoms with E-state index in [1.54, 1.807) is 6.92 Å². The SMILES string of the molecule is CCOc1c(Nc2ccnc(C(C)=O)c2OC)c(=O)c1=O. The number of ether oxygens (including phenoxy) is 2. The molecule has 0 aliphatic carbocycles. The Morgan fingerprint density at radius 3 is 2.57 bits per heavy atom. The average Bonchev–Trinajstić information content (AvgIpc) is 2.49. The van der Waals surface area contributed by atoms with Crippen molar-refractivity contribution in [2.45, 2.75) is 13.8 Å². The number of carbonyl (C=O) groups is 1. The zero-order valence-corrected chi connectivity index (χ0v) is 11.9. The maximum Gasteiger partial charge on any atom is 0.272 e. The van der Waals surface area contributed by atoms with Gasteiger partial charge in [0.25, 0.3) is 10.9 Å². The van der Waals surface area contributed by atoms with Gasteiger partial charge in [0.15, 0.2) is 17.3 Å². The van der Waals surface area contributed by atoms with Gasteiger partial charge in [0.2, 0.25) is 0 Å². The molecule has 7 nitrogen and oxygen atoms in total. The van der Waals surface area contributed by atoms with Crippen LogP contribution in [-0.4, -0.2) is 24.5 Å². The number of anilines is 2. The number of hydrogen-bond acceptors (Lipinski definition) is 7. The van der Waals surface area contributed by atoms with Gasteiger partial charge in [-0.2, -0.15) is 0 Å². The Bertz CT molecular complexity index is 759. The van der Waals surface area contributed by atoms with Gasteiger partial charge < -0.3 is 14.8 Å². The van der Waals surface area contributed by atoms with Crippen LogP contribution in [0.15, 0.2) is 21.9 Å². The minimum absolute atomic E-state index is 0.00857. The monoisotopic (exact) mass is 290 g/mol. The maximum atomic E-state index is 11.6. The quantitative estimate of drug-likeness (QED) is 0.627. The number of ketones is 1. The Morgan fingerprint density at radius 2 is 2.00 bits per heavy atom. The fourth-order valence-electron chi connectivity index (χ4n) is 1.91. The molecule has 0 saturated heterocycles. The van der Waals surface area contributed by atoms with Crippen molar-refractivity contribution in [1.82, 2.24) is 4.98 Å². The largest absolute Gasteiger partial charge is 0.492 e. The number of Topliss-reactive ketones (excluding diaryl/α,β-unsaturated/α-hetero) is 1. The molecule has 1 aromatic carbocycles. The Hall–Kier alpha value is -2.70. The Kier molecular flexibility index (Phi) is 4.02.